The highest BCUT2D eigenvalue weighted by atomic mass is 16.3. The first kappa shape index (κ1) is 31.2. The summed E-state index contributed by atoms with van der Waals surface area (Å²) in [6, 6.07) is 70.9. The van der Waals surface area contributed by atoms with Crippen LogP contribution in [0.3, 0.4) is 0 Å². The lowest BCUT2D eigenvalue weighted by Crippen LogP contribution is -2.09. The van der Waals surface area contributed by atoms with Crippen molar-refractivity contribution in [1.29, 1.82) is 0 Å². The SMILES string of the molecule is c1ccc(-c2ccc(N(c3ccc(-c4cccc5c4oc4ccccc45)cc3)c3ccc(-c4cccc5c4oc4cc6ccccc6cc45)cc3)cc2)cc1. The van der Waals surface area contributed by atoms with Crippen molar-refractivity contribution in [3.05, 3.63) is 200 Å². The Labute approximate surface area is 317 Å². The molecule has 0 aliphatic carbocycles. The lowest BCUT2D eigenvalue weighted by atomic mass is 10.00. The summed E-state index contributed by atoms with van der Waals surface area (Å²) < 4.78 is 13.0. The fourth-order valence-electron chi connectivity index (χ4n) is 8.15. The zero-order valence-electron chi connectivity index (χ0n) is 29.8. The lowest BCUT2D eigenvalue weighted by molar-refractivity contribution is 0.670. The third-order valence-electron chi connectivity index (χ3n) is 10.9. The monoisotopic (exact) mass is 703 g/mol. The van der Waals surface area contributed by atoms with Crippen molar-refractivity contribution in [2.24, 2.45) is 0 Å². The number of para-hydroxylation sites is 3. The van der Waals surface area contributed by atoms with Crippen molar-refractivity contribution in [2.45, 2.75) is 0 Å². The van der Waals surface area contributed by atoms with E-state index in [4.69, 9.17) is 8.83 Å². The highest BCUT2D eigenvalue weighted by molar-refractivity contribution is 6.13. The van der Waals surface area contributed by atoms with E-state index in [1.165, 1.54) is 21.9 Å². The van der Waals surface area contributed by atoms with Gasteiger partial charge < -0.3 is 13.7 Å². The molecule has 0 saturated heterocycles. The molecule has 9 aromatic carbocycles. The number of benzene rings is 9. The molecule has 55 heavy (non-hydrogen) atoms. The summed E-state index contributed by atoms with van der Waals surface area (Å²) >= 11 is 0. The van der Waals surface area contributed by atoms with E-state index in [0.717, 1.165) is 83.2 Å². The van der Waals surface area contributed by atoms with Crippen molar-refractivity contribution >= 4 is 71.7 Å². The topological polar surface area (TPSA) is 29.5 Å². The molecule has 258 valence electrons. The summed E-state index contributed by atoms with van der Waals surface area (Å²) in [5, 5.41) is 6.91. The Hall–Kier alpha value is -7.36. The number of hydrogen-bond acceptors (Lipinski definition) is 3. The van der Waals surface area contributed by atoms with Crippen LogP contribution in [0.5, 0.6) is 0 Å². The van der Waals surface area contributed by atoms with Gasteiger partial charge in [0.2, 0.25) is 0 Å². The Morgan fingerprint density at radius 2 is 0.745 bits per heavy atom. The van der Waals surface area contributed by atoms with Gasteiger partial charge in [0.15, 0.2) is 0 Å². The molecule has 0 bridgehead atoms. The molecule has 0 N–H and O–H groups in total. The first-order chi connectivity index (χ1) is 27.2. The van der Waals surface area contributed by atoms with E-state index in [1.807, 2.05) is 12.1 Å². The summed E-state index contributed by atoms with van der Waals surface area (Å²) in [4.78, 5) is 2.32. The molecule has 0 atom stereocenters. The van der Waals surface area contributed by atoms with Gasteiger partial charge in [-0.3, -0.25) is 0 Å². The normalized spacial score (nSPS) is 11.6. The highest BCUT2D eigenvalue weighted by Gasteiger charge is 2.17. The minimum absolute atomic E-state index is 0.903. The molecule has 2 aromatic heterocycles. The van der Waals surface area contributed by atoms with Crippen LogP contribution in [0.2, 0.25) is 0 Å². The Bertz CT molecular complexity index is 3170. The maximum Gasteiger partial charge on any atom is 0.143 e. The molecule has 3 heteroatoms. The van der Waals surface area contributed by atoms with Crippen LogP contribution >= 0.6 is 0 Å². The average molecular weight is 704 g/mol. The second kappa shape index (κ2) is 12.6. The summed E-state index contributed by atoms with van der Waals surface area (Å²) in [6.45, 7) is 0. The van der Waals surface area contributed by atoms with Gasteiger partial charge in [-0.05, 0) is 87.6 Å². The fourth-order valence-corrected chi connectivity index (χ4v) is 8.15. The second-order valence-electron chi connectivity index (χ2n) is 14.1. The van der Waals surface area contributed by atoms with Crippen molar-refractivity contribution in [2.75, 3.05) is 4.90 Å². The molecule has 11 aromatic rings. The van der Waals surface area contributed by atoms with Gasteiger partial charge in [-0.15, -0.1) is 0 Å². The van der Waals surface area contributed by atoms with Gasteiger partial charge in [0.05, 0.1) is 0 Å². The Kier molecular flexibility index (Phi) is 7.17. The average Bonchev–Trinajstić information content (AvgIpc) is 3.82. The van der Waals surface area contributed by atoms with Gasteiger partial charge in [0.25, 0.3) is 0 Å². The van der Waals surface area contributed by atoms with Crippen LogP contribution < -0.4 is 4.90 Å². The number of nitrogens with zero attached hydrogens (tertiary/aromatic N) is 1. The van der Waals surface area contributed by atoms with Crippen LogP contribution in [0.15, 0.2) is 209 Å². The predicted molar refractivity (Wildman–Crippen MR) is 229 cm³/mol. The maximum atomic E-state index is 6.58. The molecule has 0 fully saturated rings. The van der Waals surface area contributed by atoms with E-state index in [-0.39, 0.29) is 0 Å². The summed E-state index contributed by atoms with van der Waals surface area (Å²) in [7, 11) is 0. The summed E-state index contributed by atoms with van der Waals surface area (Å²) in [5.41, 5.74) is 13.6. The first-order valence-electron chi connectivity index (χ1n) is 18.7. The molecule has 0 amide bonds. The first-order valence-corrected chi connectivity index (χ1v) is 18.7. The van der Waals surface area contributed by atoms with Crippen molar-refractivity contribution < 1.29 is 8.83 Å². The molecule has 0 radical (unpaired) electrons. The van der Waals surface area contributed by atoms with Crippen molar-refractivity contribution in [3.63, 3.8) is 0 Å². The van der Waals surface area contributed by atoms with Crippen LogP contribution in [-0.2, 0) is 0 Å². The molecule has 0 spiro atoms. The van der Waals surface area contributed by atoms with Crippen molar-refractivity contribution in [3.8, 4) is 33.4 Å². The van der Waals surface area contributed by atoms with E-state index in [2.05, 4.69) is 193 Å². The van der Waals surface area contributed by atoms with E-state index in [1.54, 1.807) is 0 Å². The maximum absolute atomic E-state index is 6.58. The zero-order valence-corrected chi connectivity index (χ0v) is 29.8. The lowest BCUT2D eigenvalue weighted by Gasteiger charge is -2.26. The number of fused-ring (bicyclic) bond motifs is 7. The minimum atomic E-state index is 0.903. The zero-order chi connectivity index (χ0) is 36.3. The number of furan rings is 2. The largest absolute Gasteiger partial charge is 0.455 e. The number of hydrogen-bond donors (Lipinski definition) is 0. The molecule has 3 nitrogen and oxygen atoms in total. The summed E-state index contributed by atoms with van der Waals surface area (Å²) in [6.07, 6.45) is 0. The Morgan fingerprint density at radius 3 is 1.36 bits per heavy atom. The van der Waals surface area contributed by atoms with Gasteiger partial charge in [-0.25, -0.2) is 0 Å². The molecule has 0 saturated carbocycles. The van der Waals surface area contributed by atoms with Crippen LogP contribution in [0.4, 0.5) is 17.1 Å². The standard InChI is InChI=1S/C52H33NO2/c1-2-10-34(11-3-1)35-20-26-40(27-21-35)53(41-28-22-36(23-29-41)43-15-8-17-46-45-14-6-7-19-49(45)54-51(43)46)42-30-24-37(25-31-42)44-16-9-18-47-48-32-38-12-4-5-13-39(38)33-50(48)55-52(44)47/h1-33H. The quantitative estimate of drug-likeness (QED) is 0.173. The van der Waals surface area contributed by atoms with E-state index < -0.39 is 0 Å². The molecule has 11 rings (SSSR count). The number of rotatable bonds is 6. The number of anilines is 3. The van der Waals surface area contributed by atoms with Crippen LogP contribution in [-0.4, -0.2) is 0 Å². The Morgan fingerprint density at radius 1 is 0.291 bits per heavy atom. The van der Waals surface area contributed by atoms with Crippen LogP contribution in [0, 0.1) is 0 Å². The van der Waals surface area contributed by atoms with Gasteiger partial charge in [0, 0.05) is 49.7 Å². The van der Waals surface area contributed by atoms with Gasteiger partial charge in [0.1, 0.15) is 22.3 Å². The smallest absolute Gasteiger partial charge is 0.143 e. The van der Waals surface area contributed by atoms with E-state index in [9.17, 15) is 0 Å². The second-order valence-corrected chi connectivity index (χ2v) is 14.1. The molecule has 2 heterocycles. The molecular formula is C52H33NO2. The van der Waals surface area contributed by atoms with Crippen molar-refractivity contribution in [1.82, 2.24) is 0 Å². The third-order valence-corrected chi connectivity index (χ3v) is 10.9. The van der Waals surface area contributed by atoms with Gasteiger partial charge >= 0.3 is 0 Å². The third kappa shape index (κ3) is 5.28. The van der Waals surface area contributed by atoms with Gasteiger partial charge in [-0.1, -0.05) is 146 Å². The molecule has 0 unspecified atom stereocenters. The minimum Gasteiger partial charge on any atom is -0.455 e. The predicted octanol–water partition coefficient (Wildman–Crippen LogP) is 15.1. The Balaban J connectivity index is 0.996. The van der Waals surface area contributed by atoms with Gasteiger partial charge in [-0.2, -0.15) is 0 Å². The molecule has 0 aliphatic rings. The fraction of sp³-hybridized carbons (Fsp3) is 0. The van der Waals surface area contributed by atoms with E-state index in [0.29, 0.717) is 0 Å². The highest BCUT2D eigenvalue weighted by Crippen LogP contribution is 2.42. The van der Waals surface area contributed by atoms with Crippen LogP contribution in [0.25, 0.3) is 88.0 Å². The summed E-state index contributed by atoms with van der Waals surface area (Å²) in [5.74, 6) is 0. The molecular weight excluding hydrogens is 671 g/mol. The molecule has 0 aliphatic heterocycles. The van der Waals surface area contributed by atoms with Crippen LogP contribution in [0.1, 0.15) is 0 Å². The van der Waals surface area contributed by atoms with E-state index >= 15 is 0 Å².